The van der Waals surface area contributed by atoms with E-state index in [-0.39, 0.29) is 39.6 Å². The summed E-state index contributed by atoms with van der Waals surface area (Å²) >= 11 is 18.5. The molecule has 0 aliphatic carbocycles. The number of rotatable bonds is 12. The van der Waals surface area contributed by atoms with Gasteiger partial charge in [-0.25, -0.2) is 12.8 Å². The number of anilines is 1. The van der Waals surface area contributed by atoms with Gasteiger partial charge in [0, 0.05) is 19.5 Å². The molecule has 1 unspecified atom stereocenters. The molecule has 3 rings (SSSR count). The fourth-order valence-electron chi connectivity index (χ4n) is 4.06. The highest BCUT2D eigenvalue weighted by Crippen LogP contribution is 2.35. The van der Waals surface area contributed by atoms with Gasteiger partial charge < -0.3 is 10.2 Å². The van der Waals surface area contributed by atoms with Gasteiger partial charge in [-0.1, -0.05) is 91.1 Å². The van der Waals surface area contributed by atoms with Crippen LogP contribution < -0.4 is 9.62 Å². The van der Waals surface area contributed by atoms with Crippen molar-refractivity contribution in [2.24, 2.45) is 5.92 Å². The Balaban J connectivity index is 2.08. The van der Waals surface area contributed by atoms with E-state index in [4.69, 9.17) is 34.8 Å². The lowest BCUT2D eigenvalue weighted by Crippen LogP contribution is -2.53. The van der Waals surface area contributed by atoms with Crippen molar-refractivity contribution in [1.29, 1.82) is 0 Å². The predicted molar refractivity (Wildman–Crippen MR) is 162 cm³/mol. The minimum absolute atomic E-state index is 0.0294. The molecule has 7 nitrogen and oxygen atoms in total. The van der Waals surface area contributed by atoms with Crippen LogP contribution in [0, 0.1) is 11.7 Å². The van der Waals surface area contributed by atoms with Gasteiger partial charge in [-0.3, -0.25) is 13.9 Å². The lowest BCUT2D eigenvalue weighted by molar-refractivity contribution is -0.140. The number of amides is 2. The van der Waals surface area contributed by atoms with E-state index < -0.39 is 40.2 Å². The van der Waals surface area contributed by atoms with Crippen molar-refractivity contribution in [3.8, 4) is 0 Å². The smallest absolute Gasteiger partial charge is 0.244 e. The first-order chi connectivity index (χ1) is 19.3. The molecule has 0 bridgehead atoms. The monoisotopic (exact) mass is 641 g/mol. The molecule has 0 fully saturated rings. The number of nitrogens with one attached hydrogen (secondary N) is 1. The number of halogens is 4. The van der Waals surface area contributed by atoms with Gasteiger partial charge in [0.1, 0.15) is 18.4 Å². The number of carbonyl (C=O) groups excluding carboxylic acids is 2. The molecule has 0 saturated carbocycles. The average molecular weight is 643 g/mol. The fourth-order valence-corrected chi connectivity index (χ4v) is 5.61. The summed E-state index contributed by atoms with van der Waals surface area (Å²) in [4.78, 5) is 28.9. The second-order valence-electron chi connectivity index (χ2n) is 9.98. The molecule has 3 aromatic rings. The maximum Gasteiger partial charge on any atom is 0.244 e. The summed E-state index contributed by atoms with van der Waals surface area (Å²) in [7, 11) is -4.05. The van der Waals surface area contributed by atoms with E-state index in [1.54, 1.807) is 0 Å². The molecule has 2 amide bonds. The van der Waals surface area contributed by atoms with Crippen LogP contribution in [0.2, 0.25) is 15.1 Å². The largest absolute Gasteiger partial charge is 0.354 e. The number of sulfonamides is 1. The Labute approximate surface area is 255 Å². The molecule has 3 aromatic carbocycles. The standard InChI is InChI=1S/C29H31Cl3FN3O4S/c1-19(2)16-34-29(38)27(13-20-7-5-4-6-8-20)35(17-21-9-11-22(33)12-10-21)28(37)18-36(41(3,39)40)26-15-24(31)23(30)14-25(26)32/h4-12,14-15,19,27H,13,16-18H2,1-3H3,(H,34,38). The summed E-state index contributed by atoms with van der Waals surface area (Å²) in [6.07, 6.45) is 1.09. The van der Waals surface area contributed by atoms with Crippen molar-refractivity contribution in [3.63, 3.8) is 0 Å². The van der Waals surface area contributed by atoms with Gasteiger partial charge in [-0.15, -0.1) is 0 Å². The molecule has 220 valence electrons. The second kappa shape index (κ2) is 14.4. The zero-order valence-electron chi connectivity index (χ0n) is 22.8. The van der Waals surface area contributed by atoms with Gasteiger partial charge in [0.05, 0.1) is 27.0 Å². The van der Waals surface area contributed by atoms with E-state index in [0.29, 0.717) is 12.1 Å². The number of nitrogens with zero attached hydrogens (tertiary/aromatic N) is 2. The van der Waals surface area contributed by atoms with E-state index >= 15 is 0 Å². The Morgan fingerprint density at radius 1 is 0.902 bits per heavy atom. The highest BCUT2D eigenvalue weighted by molar-refractivity contribution is 7.92. The first kappa shape index (κ1) is 32.7. The molecule has 0 aromatic heterocycles. The minimum atomic E-state index is -4.05. The van der Waals surface area contributed by atoms with E-state index in [9.17, 15) is 22.4 Å². The highest BCUT2D eigenvalue weighted by Gasteiger charge is 2.33. The Morgan fingerprint density at radius 2 is 1.51 bits per heavy atom. The van der Waals surface area contributed by atoms with E-state index in [1.165, 1.54) is 41.3 Å². The third kappa shape index (κ3) is 9.33. The van der Waals surface area contributed by atoms with Gasteiger partial charge in [-0.05, 0) is 41.3 Å². The van der Waals surface area contributed by atoms with Gasteiger partial charge in [0.25, 0.3) is 0 Å². The SMILES string of the molecule is CC(C)CNC(=O)C(Cc1ccccc1)N(Cc1ccc(F)cc1)C(=O)CN(c1cc(Cl)c(Cl)cc1Cl)S(C)(=O)=O. The van der Waals surface area contributed by atoms with Crippen LogP contribution in [-0.4, -0.2) is 50.5 Å². The summed E-state index contributed by atoms with van der Waals surface area (Å²) in [5.41, 5.74) is 1.30. The minimum Gasteiger partial charge on any atom is -0.354 e. The summed E-state index contributed by atoms with van der Waals surface area (Å²) < 4.78 is 40.3. The molecule has 0 aliphatic heterocycles. The molecule has 0 saturated heterocycles. The summed E-state index contributed by atoms with van der Waals surface area (Å²) in [5.74, 6) is -1.39. The summed E-state index contributed by atoms with van der Waals surface area (Å²) in [6, 6.07) is 16.2. The molecule has 0 heterocycles. The van der Waals surface area contributed by atoms with E-state index in [0.717, 1.165) is 16.1 Å². The molecule has 0 aliphatic rings. The van der Waals surface area contributed by atoms with Gasteiger partial charge in [0.2, 0.25) is 21.8 Å². The van der Waals surface area contributed by atoms with Crippen molar-refractivity contribution in [3.05, 3.63) is 98.7 Å². The van der Waals surface area contributed by atoms with Crippen LogP contribution in [0.4, 0.5) is 10.1 Å². The molecular formula is C29H31Cl3FN3O4S. The fraction of sp³-hybridized carbons (Fsp3) is 0.310. The summed E-state index contributed by atoms with van der Waals surface area (Å²) in [5, 5.41) is 3.02. The molecule has 0 spiro atoms. The lowest BCUT2D eigenvalue weighted by Gasteiger charge is -2.34. The molecular weight excluding hydrogens is 612 g/mol. The maximum atomic E-state index is 14.0. The van der Waals surface area contributed by atoms with Crippen molar-refractivity contribution < 1.29 is 22.4 Å². The van der Waals surface area contributed by atoms with Crippen molar-refractivity contribution in [2.75, 3.05) is 23.7 Å². The van der Waals surface area contributed by atoms with Crippen molar-refractivity contribution >= 4 is 62.3 Å². The quantitative estimate of drug-likeness (QED) is 0.247. The lowest BCUT2D eigenvalue weighted by atomic mass is 10.0. The first-order valence-corrected chi connectivity index (χ1v) is 15.7. The Morgan fingerprint density at radius 3 is 2.10 bits per heavy atom. The molecule has 12 heteroatoms. The molecule has 0 radical (unpaired) electrons. The topological polar surface area (TPSA) is 86.8 Å². The van der Waals surface area contributed by atoms with Crippen LogP contribution in [0.5, 0.6) is 0 Å². The molecule has 1 N–H and O–H groups in total. The third-order valence-corrected chi connectivity index (χ3v) is 8.31. The number of hydrogen-bond donors (Lipinski definition) is 1. The average Bonchev–Trinajstić information content (AvgIpc) is 2.91. The highest BCUT2D eigenvalue weighted by atomic mass is 35.5. The Hall–Kier alpha value is -2.85. The molecule has 41 heavy (non-hydrogen) atoms. The van der Waals surface area contributed by atoms with Gasteiger partial charge in [-0.2, -0.15) is 0 Å². The second-order valence-corrected chi connectivity index (χ2v) is 13.1. The van der Waals surface area contributed by atoms with Crippen LogP contribution in [-0.2, 0) is 32.6 Å². The van der Waals surface area contributed by atoms with E-state index in [1.807, 2.05) is 44.2 Å². The van der Waals surface area contributed by atoms with Crippen LogP contribution in [0.15, 0.2) is 66.7 Å². The third-order valence-electron chi connectivity index (χ3n) is 6.16. The van der Waals surface area contributed by atoms with Crippen LogP contribution >= 0.6 is 34.8 Å². The normalized spacial score (nSPS) is 12.2. The number of hydrogen-bond acceptors (Lipinski definition) is 4. The first-order valence-electron chi connectivity index (χ1n) is 12.7. The Bertz CT molecular complexity index is 1470. The van der Waals surface area contributed by atoms with Crippen molar-refractivity contribution in [2.45, 2.75) is 32.9 Å². The predicted octanol–water partition coefficient (Wildman–Crippen LogP) is 5.96. The van der Waals surface area contributed by atoms with Crippen molar-refractivity contribution in [1.82, 2.24) is 10.2 Å². The van der Waals surface area contributed by atoms with Crippen LogP contribution in [0.25, 0.3) is 0 Å². The zero-order chi connectivity index (χ0) is 30.3. The van der Waals surface area contributed by atoms with E-state index in [2.05, 4.69) is 5.32 Å². The van der Waals surface area contributed by atoms with Gasteiger partial charge >= 0.3 is 0 Å². The van der Waals surface area contributed by atoms with Crippen LogP contribution in [0.1, 0.15) is 25.0 Å². The number of carbonyl (C=O) groups is 2. The van der Waals surface area contributed by atoms with Gasteiger partial charge in [0.15, 0.2) is 0 Å². The molecule has 1 atom stereocenters. The van der Waals surface area contributed by atoms with Crippen LogP contribution in [0.3, 0.4) is 0 Å². The maximum absolute atomic E-state index is 14.0. The zero-order valence-corrected chi connectivity index (χ0v) is 25.9. The summed E-state index contributed by atoms with van der Waals surface area (Å²) in [6.45, 7) is 3.49. The Kier molecular flexibility index (Phi) is 11.4. The number of benzene rings is 3.